The standard InChI is InChI=1S/C24H32N6O2S.C24H30N6OS.C23H28N4S.C22H29N5OS.C20H24N4OS/c25-17-23(31)27-8-11-29-14-12-28(13-15-29)9-3-10-30-19-4-1-2-5-21(19)33-22-7-6-18(24(26)32)16-20(22)30;1-26-19-7-8-23-21(17-19)30(20-5-2-3-6-22(20)32-23)11-4-10-28-13-15-29(16-14-28)12-9-27-24(31)18-25;1-25-19-8-9-23-21(17-19)27(20-6-2-3-7-22(20)28-23)13-4-5-18-10-14-26(15-11-18)16-12-24;23-8-11-26-14-12-25(13-15-26)9-3-10-27-18-4-1-2-5-20(18)29-21-7-6-17(22(24)28)16-19(21)27;21-20(25)15-6-7-19-17(14-15)24(16-4-1-2-5-18(16)26-19)11-3-10-23-12-8-22-9-13-23/h1-2,4-7,16H,3,8-15,17,25H2,(H2,26,32)(H,27,31);2-3,5-8,17H,4,9-16,18,25H2,(H,27,31);2-3,6-9,17-18H,4-5,10-16,24H2;1-2,4-7,16H,3,8-15,23H2,(H2,24,28);1-2,4-7,14,22H,3,8-13H2,(H2,21,25). The minimum Gasteiger partial charge on any atom is -0.366 e. The highest BCUT2D eigenvalue weighted by molar-refractivity contribution is 8.00. The number of piperazine rings is 4. The van der Waals surface area contributed by atoms with Crippen molar-refractivity contribution < 1.29 is 24.0 Å². The van der Waals surface area contributed by atoms with E-state index >= 15 is 0 Å². The summed E-state index contributed by atoms with van der Waals surface area (Å²) in [6, 6.07) is 71.9. The van der Waals surface area contributed by atoms with E-state index in [1.54, 1.807) is 53.1 Å². The second-order valence-electron chi connectivity index (χ2n) is 38.4. The molecule has 35 heteroatoms. The average molecular weight is 2090 g/mol. The predicted molar refractivity (Wildman–Crippen MR) is 605 cm³/mol. The number of likely N-dealkylation sites (tertiary alicyclic amines) is 1. The number of amides is 5. The number of carbonyl (C=O) groups is 5. The van der Waals surface area contributed by atoms with Crippen molar-refractivity contribution in [2.24, 2.45) is 46.1 Å². The molecule has 0 aromatic heterocycles. The average Bonchev–Trinajstić information content (AvgIpc) is 0.788. The van der Waals surface area contributed by atoms with Gasteiger partial charge in [-0.2, -0.15) is 0 Å². The molecule has 5 amide bonds. The van der Waals surface area contributed by atoms with Gasteiger partial charge in [-0.15, -0.1) is 0 Å². The van der Waals surface area contributed by atoms with Crippen molar-refractivity contribution in [2.75, 3.05) is 267 Å². The van der Waals surface area contributed by atoms with E-state index in [1.807, 2.05) is 78.5 Å². The summed E-state index contributed by atoms with van der Waals surface area (Å²) in [4.78, 5) is 109. The molecule has 0 aliphatic carbocycles. The van der Waals surface area contributed by atoms with Crippen molar-refractivity contribution in [1.29, 1.82) is 0 Å². The molecular formula is C113H143N25O5S5. The molecule has 5 fully saturated rings. The summed E-state index contributed by atoms with van der Waals surface area (Å²) in [6.07, 6.45) is 9.28. The van der Waals surface area contributed by atoms with Crippen LogP contribution in [0, 0.1) is 19.1 Å². The summed E-state index contributed by atoms with van der Waals surface area (Å²) in [5, 5.41) is 9.07. The van der Waals surface area contributed by atoms with Gasteiger partial charge >= 0.3 is 0 Å². The maximum absolute atomic E-state index is 11.8. The zero-order chi connectivity index (χ0) is 103. The van der Waals surface area contributed by atoms with Crippen molar-refractivity contribution in [3.63, 3.8) is 0 Å². The topological polar surface area (TPSA) is 354 Å². The fourth-order valence-corrected chi connectivity index (χ4v) is 26.0. The Morgan fingerprint density at radius 3 is 0.824 bits per heavy atom. The van der Waals surface area contributed by atoms with Gasteiger partial charge in [-0.1, -0.05) is 144 Å². The third kappa shape index (κ3) is 29.7. The Kier molecular flexibility index (Phi) is 41.0. The van der Waals surface area contributed by atoms with Gasteiger partial charge in [0.05, 0.1) is 71.7 Å². The summed E-state index contributed by atoms with van der Waals surface area (Å²) < 4.78 is 0. The molecule has 30 nitrogen and oxygen atoms in total. The molecule has 10 aliphatic rings. The molecule has 0 unspecified atom stereocenters. The number of nitrogens with zero attached hydrogens (tertiary/aromatic N) is 15. The van der Waals surface area contributed by atoms with Gasteiger partial charge in [-0.3, -0.25) is 38.7 Å². The highest BCUT2D eigenvalue weighted by Gasteiger charge is 2.33. The number of fused-ring (bicyclic) bond motifs is 10. The van der Waals surface area contributed by atoms with E-state index in [-0.39, 0.29) is 36.7 Å². The van der Waals surface area contributed by atoms with Gasteiger partial charge in [0.25, 0.3) is 0 Å². The molecule has 0 atom stereocenters. The number of nitrogens with two attached hydrogens (primary N) is 7. The van der Waals surface area contributed by atoms with Crippen LogP contribution in [0.2, 0.25) is 0 Å². The van der Waals surface area contributed by atoms with E-state index in [4.69, 9.17) is 53.3 Å². The molecule has 10 aromatic carbocycles. The predicted octanol–water partition coefficient (Wildman–Crippen LogP) is 14.7. The van der Waals surface area contributed by atoms with Gasteiger partial charge in [0.15, 0.2) is 11.4 Å². The molecule has 10 aromatic rings. The number of benzene rings is 10. The van der Waals surface area contributed by atoms with E-state index < -0.39 is 5.91 Å². The second-order valence-corrected chi connectivity index (χ2v) is 43.9. The van der Waals surface area contributed by atoms with Crippen molar-refractivity contribution >= 4 is 157 Å². The summed E-state index contributed by atoms with van der Waals surface area (Å²) in [5.74, 6) is -0.522. The summed E-state index contributed by atoms with van der Waals surface area (Å²) in [7, 11) is 0. The van der Waals surface area contributed by atoms with Crippen molar-refractivity contribution in [2.45, 2.75) is 100 Å². The fraction of sp³-hybridized carbons (Fsp3) is 0.407. The van der Waals surface area contributed by atoms with E-state index in [2.05, 4.69) is 229 Å². The molecule has 780 valence electrons. The highest BCUT2D eigenvalue weighted by atomic mass is 32.2. The molecule has 0 saturated carbocycles. The lowest BCUT2D eigenvalue weighted by Crippen LogP contribution is -2.49. The molecule has 17 N–H and O–H groups in total. The van der Waals surface area contributed by atoms with Crippen LogP contribution in [-0.4, -0.2) is 311 Å². The van der Waals surface area contributed by atoms with Crippen molar-refractivity contribution in [1.82, 2.24) is 55.1 Å². The Labute approximate surface area is 894 Å². The number of anilines is 10. The van der Waals surface area contributed by atoms with Crippen molar-refractivity contribution in [3.8, 4) is 0 Å². The van der Waals surface area contributed by atoms with Gasteiger partial charge in [-0.05, 0) is 224 Å². The van der Waals surface area contributed by atoms with E-state index in [1.165, 1.54) is 117 Å². The third-order valence-corrected chi connectivity index (χ3v) is 34.4. The van der Waals surface area contributed by atoms with Crippen LogP contribution in [0.25, 0.3) is 9.69 Å². The van der Waals surface area contributed by atoms with Crippen LogP contribution in [0.4, 0.5) is 68.2 Å². The molecule has 148 heavy (non-hydrogen) atoms. The molecule has 0 bridgehead atoms. The lowest BCUT2D eigenvalue weighted by molar-refractivity contribution is -0.120. The first kappa shape index (κ1) is 109. The first-order valence-electron chi connectivity index (χ1n) is 52.3. The van der Waals surface area contributed by atoms with Crippen LogP contribution in [0.1, 0.15) is 82.4 Å². The molecule has 0 spiro atoms. The minimum absolute atomic E-state index is 0.0439. The quantitative estimate of drug-likeness (QED) is 0.0165. The largest absolute Gasteiger partial charge is 0.366 e. The van der Waals surface area contributed by atoms with Gasteiger partial charge in [-0.25, -0.2) is 9.69 Å². The number of piperidine rings is 1. The number of para-hydroxylation sites is 5. The number of rotatable bonds is 35. The fourth-order valence-electron chi connectivity index (χ4n) is 20.6. The van der Waals surface area contributed by atoms with E-state index in [9.17, 15) is 24.0 Å². The van der Waals surface area contributed by atoms with Crippen LogP contribution >= 0.6 is 58.8 Å². The van der Waals surface area contributed by atoms with E-state index in [0.717, 1.165) is 268 Å². The first-order chi connectivity index (χ1) is 72.4. The van der Waals surface area contributed by atoms with E-state index in [0.29, 0.717) is 35.5 Å². The molecular weight excluding hydrogens is 1950 g/mol. The molecule has 0 radical (unpaired) electrons. The third-order valence-electron chi connectivity index (χ3n) is 28.7. The highest BCUT2D eigenvalue weighted by Crippen LogP contribution is 2.54. The van der Waals surface area contributed by atoms with Crippen LogP contribution in [0.5, 0.6) is 0 Å². The molecule has 5 saturated heterocycles. The number of primary amides is 3. The number of hydrogen-bond donors (Lipinski definition) is 10. The van der Waals surface area contributed by atoms with Gasteiger partial charge in [0.1, 0.15) is 0 Å². The van der Waals surface area contributed by atoms with Crippen LogP contribution in [0.3, 0.4) is 0 Å². The monoisotopic (exact) mass is 2090 g/mol. The Bertz CT molecular complexity index is 6210. The Hall–Kier alpha value is -11.2. The minimum atomic E-state index is -0.401. The Morgan fingerprint density at radius 1 is 0.291 bits per heavy atom. The van der Waals surface area contributed by atoms with Gasteiger partial charge in [0.2, 0.25) is 29.5 Å². The van der Waals surface area contributed by atoms with Crippen LogP contribution in [0.15, 0.2) is 261 Å². The molecule has 10 heterocycles. The molecule has 20 rings (SSSR count). The SMILES string of the molecule is NC(=O)c1ccc2c(c1)N(CCCN1CCNCC1)c1ccccc1S2.NCC(=O)NCCN1CCN(CCCN2c3ccccc3Sc3ccc(C(N)=O)cc32)CC1.NCCN1CCN(CCCN2c3ccccc3Sc3ccc(C(N)=O)cc32)CC1.[C-]#[N+]c1ccc2c(c1)N(CCCC1CCN(CCN)CC1)c1ccccc1S2.[C-]#[N+]c1ccc2c(c1)N(CCCN1CCN(CCNC(=O)CN)CC1)c1ccccc1S2. The summed E-state index contributed by atoms with van der Waals surface area (Å²) >= 11 is 8.84. The van der Waals surface area contributed by atoms with Crippen LogP contribution < -0.4 is 80.6 Å². The number of nitrogens with one attached hydrogen (secondary N) is 3. The Balaban J connectivity index is 0.000000132. The normalized spacial score (nSPS) is 16.6. The second kappa shape index (κ2) is 55.5. The molecule has 10 aliphatic heterocycles. The lowest BCUT2D eigenvalue weighted by atomic mass is 9.92. The summed E-state index contributed by atoms with van der Waals surface area (Å²) in [6.45, 7) is 49.8. The zero-order valence-corrected chi connectivity index (χ0v) is 89.0. The number of carbonyl (C=O) groups excluding carboxylic acids is 5. The lowest BCUT2D eigenvalue weighted by Gasteiger charge is -2.36. The maximum Gasteiger partial charge on any atom is 0.248 e. The van der Waals surface area contributed by atoms with Crippen LogP contribution in [-0.2, 0) is 9.59 Å². The van der Waals surface area contributed by atoms with Crippen molar-refractivity contribution in [3.05, 3.63) is 252 Å². The maximum atomic E-state index is 11.8. The summed E-state index contributed by atoms with van der Waals surface area (Å²) in [5.41, 5.74) is 53.3. The smallest absolute Gasteiger partial charge is 0.248 e. The van der Waals surface area contributed by atoms with Gasteiger partial charge in [0, 0.05) is 267 Å². The zero-order valence-electron chi connectivity index (χ0n) is 84.9. The first-order valence-corrected chi connectivity index (χ1v) is 56.4. The van der Waals surface area contributed by atoms with Gasteiger partial charge < -0.3 is 105 Å². The Morgan fingerprint density at radius 2 is 0.541 bits per heavy atom. The number of hydrogen-bond acceptors (Lipinski definition) is 28.